The summed E-state index contributed by atoms with van der Waals surface area (Å²) in [6, 6.07) is 0. The molecule has 0 bridgehead atoms. The molecule has 2 aliphatic carbocycles. The van der Waals surface area contributed by atoms with Crippen molar-refractivity contribution < 1.29 is 0 Å². The third-order valence-corrected chi connectivity index (χ3v) is 8.74. The van der Waals surface area contributed by atoms with Gasteiger partial charge >= 0.3 is 0 Å². The summed E-state index contributed by atoms with van der Waals surface area (Å²) in [5, 5.41) is 1.09. The lowest BCUT2D eigenvalue weighted by atomic mass is 9.64. The molecule has 0 nitrogen and oxygen atoms in total. The molecule has 2 fully saturated rings. The van der Waals surface area contributed by atoms with Gasteiger partial charge in [0.15, 0.2) is 0 Å². The first kappa shape index (κ1) is 15.4. The van der Waals surface area contributed by atoms with E-state index in [1.54, 1.807) is 0 Å². The molecule has 0 saturated heterocycles. The molecule has 2 aliphatic rings. The standard InChI is InChI=1S/C16H28Br2/c1-12-3-5-13(6-4-12)14-7-9-16(2,10-8-14)15(18)11-17/h12-15H,3-11H2,1-2H3. The van der Waals surface area contributed by atoms with Crippen LogP contribution in [-0.2, 0) is 0 Å². The van der Waals surface area contributed by atoms with Crippen molar-refractivity contribution in [3.8, 4) is 0 Å². The summed E-state index contributed by atoms with van der Waals surface area (Å²) in [7, 11) is 0. The van der Waals surface area contributed by atoms with Gasteiger partial charge in [-0.3, -0.25) is 0 Å². The Bertz CT molecular complexity index is 248. The number of rotatable bonds is 3. The summed E-state index contributed by atoms with van der Waals surface area (Å²) in [5.74, 6) is 3.10. The van der Waals surface area contributed by atoms with Crippen LogP contribution in [0.4, 0.5) is 0 Å². The van der Waals surface area contributed by atoms with Gasteiger partial charge in [-0.05, 0) is 61.7 Å². The van der Waals surface area contributed by atoms with Crippen LogP contribution >= 0.6 is 31.9 Å². The van der Waals surface area contributed by atoms with Crippen LogP contribution in [0.3, 0.4) is 0 Å². The predicted octanol–water partition coefficient (Wildman–Crippen LogP) is 6.17. The van der Waals surface area contributed by atoms with Gasteiger partial charge in [0.25, 0.3) is 0 Å². The highest BCUT2D eigenvalue weighted by molar-refractivity contribution is 9.12. The summed E-state index contributed by atoms with van der Waals surface area (Å²) in [6.07, 6.45) is 11.8. The van der Waals surface area contributed by atoms with Crippen molar-refractivity contribution in [3.05, 3.63) is 0 Å². The van der Waals surface area contributed by atoms with Crippen LogP contribution in [0.5, 0.6) is 0 Å². The Kier molecular flexibility index (Phi) is 5.64. The summed E-state index contributed by atoms with van der Waals surface area (Å²) >= 11 is 7.51. The third-order valence-electron chi connectivity index (χ3n) is 5.79. The number of hydrogen-bond acceptors (Lipinski definition) is 0. The maximum Gasteiger partial charge on any atom is 0.0296 e. The van der Waals surface area contributed by atoms with E-state index in [9.17, 15) is 0 Å². The number of hydrogen-bond donors (Lipinski definition) is 0. The van der Waals surface area contributed by atoms with Gasteiger partial charge in [-0.15, -0.1) is 0 Å². The van der Waals surface area contributed by atoms with E-state index in [0.29, 0.717) is 10.2 Å². The van der Waals surface area contributed by atoms with Crippen molar-refractivity contribution in [2.45, 2.75) is 70.0 Å². The lowest BCUT2D eigenvalue weighted by molar-refractivity contribution is 0.109. The molecule has 0 radical (unpaired) electrons. The number of alkyl halides is 2. The zero-order valence-electron chi connectivity index (χ0n) is 11.9. The minimum Gasteiger partial charge on any atom is -0.0916 e. The molecule has 0 aromatic carbocycles. The first-order chi connectivity index (χ1) is 8.55. The Morgan fingerprint density at radius 1 is 1.00 bits per heavy atom. The van der Waals surface area contributed by atoms with E-state index in [4.69, 9.17) is 0 Å². The van der Waals surface area contributed by atoms with E-state index < -0.39 is 0 Å². The number of halogens is 2. The molecule has 2 rings (SSSR count). The van der Waals surface area contributed by atoms with Gasteiger partial charge in [-0.25, -0.2) is 0 Å². The van der Waals surface area contributed by atoms with Crippen molar-refractivity contribution in [1.82, 2.24) is 0 Å². The van der Waals surface area contributed by atoms with Crippen LogP contribution in [-0.4, -0.2) is 10.2 Å². The fraction of sp³-hybridized carbons (Fsp3) is 1.00. The Morgan fingerprint density at radius 3 is 2.00 bits per heavy atom. The Labute approximate surface area is 130 Å². The van der Waals surface area contributed by atoms with Crippen molar-refractivity contribution in [1.29, 1.82) is 0 Å². The molecule has 0 aromatic heterocycles. The zero-order valence-corrected chi connectivity index (χ0v) is 15.1. The minimum absolute atomic E-state index is 0.530. The summed E-state index contributed by atoms with van der Waals surface area (Å²) < 4.78 is 0. The molecule has 0 heterocycles. The second kappa shape index (κ2) is 6.61. The summed E-state index contributed by atoms with van der Waals surface area (Å²) in [6.45, 7) is 4.91. The van der Waals surface area contributed by atoms with Gasteiger partial charge in [0, 0.05) is 10.2 Å². The van der Waals surface area contributed by atoms with Gasteiger partial charge in [-0.2, -0.15) is 0 Å². The van der Waals surface area contributed by atoms with Crippen LogP contribution in [0.25, 0.3) is 0 Å². The lowest BCUT2D eigenvalue weighted by Crippen LogP contribution is -2.36. The van der Waals surface area contributed by atoms with Crippen LogP contribution in [0, 0.1) is 23.2 Å². The molecule has 2 heteroatoms. The van der Waals surface area contributed by atoms with Crippen molar-refractivity contribution in [2.24, 2.45) is 23.2 Å². The van der Waals surface area contributed by atoms with Gasteiger partial charge in [0.05, 0.1) is 0 Å². The largest absolute Gasteiger partial charge is 0.0916 e. The second-order valence-electron chi connectivity index (χ2n) is 7.13. The molecule has 0 N–H and O–H groups in total. The van der Waals surface area contributed by atoms with Crippen molar-refractivity contribution >= 4 is 31.9 Å². The van der Waals surface area contributed by atoms with Crippen LogP contribution in [0.15, 0.2) is 0 Å². The topological polar surface area (TPSA) is 0 Å². The molecule has 1 atom stereocenters. The Balaban J connectivity index is 1.83. The smallest absolute Gasteiger partial charge is 0.0296 e. The summed E-state index contributed by atoms with van der Waals surface area (Å²) in [5.41, 5.74) is 0.530. The Hall–Kier alpha value is 0.960. The highest BCUT2D eigenvalue weighted by Gasteiger charge is 2.38. The van der Waals surface area contributed by atoms with Crippen molar-refractivity contribution in [3.63, 3.8) is 0 Å². The van der Waals surface area contributed by atoms with E-state index >= 15 is 0 Å². The van der Waals surface area contributed by atoms with Gasteiger partial charge in [0.1, 0.15) is 0 Å². The van der Waals surface area contributed by atoms with E-state index in [1.807, 2.05) is 0 Å². The molecule has 0 amide bonds. The average Bonchev–Trinajstić information content (AvgIpc) is 2.40. The van der Waals surface area contributed by atoms with Gasteiger partial charge in [0.2, 0.25) is 0 Å². The Morgan fingerprint density at radius 2 is 1.50 bits per heavy atom. The minimum atomic E-state index is 0.530. The molecule has 0 aliphatic heterocycles. The fourth-order valence-corrected chi connectivity index (χ4v) is 5.27. The first-order valence-electron chi connectivity index (χ1n) is 7.75. The average molecular weight is 380 g/mol. The van der Waals surface area contributed by atoms with Crippen LogP contribution < -0.4 is 0 Å². The van der Waals surface area contributed by atoms with Crippen molar-refractivity contribution in [2.75, 3.05) is 5.33 Å². The monoisotopic (exact) mass is 378 g/mol. The molecular weight excluding hydrogens is 352 g/mol. The van der Waals surface area contributed by atoms with E-state index in [1.165, 1.54) is 51.4 Å². The molecule has 0 spiro atoms. The lowest BCUT2D eigenvalue weighted by Gasteiger charge is -2.43. The molecule has 18 heavy (non-hydrogen) atoms. The van der Waals surface area contributed by atoms with E-state index in [0.717, 1.165) is 23.1 Å². The highest BCUT2D eigenvalue weighted by atomic mass is 79.9. The normalized spacial score (nSPS) is 43.7. The van der Waals surface area contributed by atoms with E-state index in [2.05, 4.69) is 45.7 Å². The second-order valence-corrected chi connectivity index (χ2v) is 8.89. The zero-order chi connectivity index (χ0) is 13.2. The molecule has 106 valence electrons. The first-order valence-corrected chi connectivity index (χ1v) is 9.79. The maximum atomic E-state index is 3.87. The van der Waals surface area contributed by atoms with Crippen LogP contribution in [0.1, 0.15) is 65.2 Å². The van der Waals surface area contributed by atoms with Gasteiger partial charge < -0.3 is 0 Å². The highest BCUT2D eigenvalue weighted by Crippen LogP contribution is 2.48. The fourth-order valence-electron chi connectivity index (χ4n) is 4.03. The van der Waals surface area contributed by atoms with Crippen LogP contribution in [0.2, 0.25) is 0 Å². The maximum absolute atomic E-state index is 3.87. The molecule has 2 saturated carbocycles. The summed E-state index contributed by atoms with van der Waals surface area (Å²) in [4.78, 5) is 0.650. The van der Waals surface area contributed by atoms with E-state index in [-0.39, 0.29) is 0 Å². The van der Waals surface area contributed by atoms with Gasteiger partial charge in [-0.1, -0.05) is 58.5 Å². The molecule has 1 unspecified atom stereocenters. The quantitative estimate of drug-likeness (QED) is 0.514. The molecule has 0 aromatic rings. The molecular formula is C16H28Br2. The third kappa shape index (κ3) is 3.53. The predicted molar refractivity (Wildman–Crippen MR) is 87.7 cm³/mol. The SMILES string of the molecule is CC1CCC(C2CCC(C)(C(Br)CBr)CC2)CC1.